The molecule has 3 rings (SSSR count). The van der Waals surface area contributed by atoms with Gasteiger partial charge in [-0.3, -0.25) is 0 Å². The van der Waals surface area contributed by atoms with Crippen molar-refractivity contribution in [1.82, 2.24) is 10.6 Å². The number of amides is 2. The van der Waals surface area contributed by atoms with Gasteiger partial charge in [0.15, 0.2) is 0 Å². The first-order chi connectivity index (χ1) is 10.6. The molecule has 3 N–H and O–H groups in total. The lowest BCUT2D eigenvalue weighted by Gasteiger charge is -2.30. The van der Waals surface area contributed by atoms with Crippen molar-refractivity contribution in [2.45, 2.75) is 50.6 Å². The van der Waals surface area contributed by atoms with Gasteiger partial charge in [0.25, 0.3) is 0 Å². The number of hydrogen-bond donors (Lipinski definition) is 3. The Morgan fingerprint density at radius 2 is 1.95 bits per heavy atom. The highest BCUT2D eigenvalue weighted by molar-refractivity contribution is 5.75. The van der Waals surface area contributed by atoms with Crippen LogP contribution in [0.5, 0.6) is 0 Å². The molecule has 2 saturated carbocycles. The zero-order valence-corrected chi connectivity index (χ0v) is 13.2. The predicted octanol–water partition coefficient (Wildman–Crippen LogP) is 2.47. The quantitative estimate of drug-likeness (QED) is 0.724. The Balaban J connectivity index is 1.57. The van der Waals surface area contributed by atoms with Gasteiger partial charge in [-0.25, -0.2) is 4.79 Å². The smallest absolute Gasteiger partial charge is 0.315 e. The Morgan fingerprint density at radius 1 is 1.27 bits per heavy atom. The number of carbonyl (C=O) groups excluding carboxylic acids is 1. The van der Waals surface area contributed by atoms with E-state index < -0.39 is 5.54 Å². The molecule has 0 aromatic heterocycles. The van der Waals surface area contributed by atoms with Crippen LogP contribution in [0.25, 0.3) is 0 Å². The first-order valence-corrected chi connectivity index (χ1v) is 8.34. The van der Waals surface area contributed by atoms with Gasteiger partial charge in [-0.1, -0.05) is 30.3 Å². The number of benzene rings is 1. The summed E-state index contributed by atoms with van der Waals surface area (Å²) in [4.78, 5) is 12.3. The van der Waals surface area contributed by atoms with Crippen LogP contribution in [-0.4, -0.2) is 29.3 Å². The average molecular weight is 302 g/mol. The third kappa shape index (κ3) is 3.80. The molecule has 2 fully saturated rings. The molecule has 120 valence electrons. The molecule has 0 radical (unpaired) electrons. The Hall–Kier alpha value is -1.55. The van der Waals surface area contributed by atoms with Crippen molar-refractivity contribution in [2.24, 2.45) is 11.8 Å². The Kier molecular flexibility index (Phi) is 4.39. The van der Waals surface area contributed by atoms with E-state index >= 15 is 0 Å². The lowest BCUT2D eigenvalue weighted by atomic mass is 9.97. The number of hydrogen-bond acceptors (Lipinski definition) is 2. The van der Waals surface area contributed by atoms with Gasteiger partial charge in [-0.2, -0.15) is 0 Å². The van der Waals surface area contributed by atoms with Crippen LogP contribution in [0.1, 0.15) is 38.2 Å². The van der Waals surface area contributed by atoms with Crippen molar-refractivity contribution in [1.29, 1.82) is 0 Å². The summed E-state index contributed by atoms with van der Waals surface area (Å²) in [5, 5.41) is 15.7. The van der Waals surface area contributed by atoms with E-state index in [1.165, 1.54) is 18.4 Å². The fraction of sp³-hybridized carbons (Fsp3) is 0.611. The van der Waals surface area contributed by atoms with E-state index in [-0.39, 0.29) is 18.7 Å². The van der Waals surface area contributed by atoms with Crippen LogP contribution in [-0.2, 0) is 6.42 Å². The van der Waals surface area contributed by atoms with Crippen molar-refractivity contribution in [3.8, 4) is 0 Å². The van der Waals surface area contributed by atoms with Gasteiger partial charge < -0.3 is 15.7 Å². The summed E-state index contributed by atoms with van der Waals surface area (Å²) in [6, 6.07) is 10.3. The molecule has 0 saturated heterocycles. The third-order valence-electron chi connectivity index (χ3n) is 5.01. The summed E-state index contributed by atoms with van der Waals surface area (Å²) in [7, 11) is 0. The molecule has 2 atom stereocenters. The van der Waals surface area contributed by atoms with Gasteiger partial charge in [0.1, 0.15) is 0 Å². The van der Waals surface area contributed by atoms with E-state index in [1.54, 1.807) is 0 Å². The highest BCUT2D eigenvalue weighted by atomic mass is 16.3. The minimum absolute atomic E-state index is 0.00212. The van der Waals surface area contributed by atoms with Crippen LogP contribution in [0.15, 0.2) is 30.3 Å². The monoisotopic (exact) mass is 302 g/mol. The molecule has 22 heavy (non-hydrogen) atoms. The number of urea groups is 1. The Morgan fingerprint density at radius 3 is 2.50 bits per heavy atom. The second-order valence-corrected chi connectivity index (χ2v) is 7.08. The zero-order valence-electron chi connectivity index (χ0n) is 13.2. The number of carbonyl (C=O) groups is 1. The van der Waals surface area contributed by atoms with Gasteiger partial charge in [-0.05, 0) is 56.4 Å². The summed E-state index contributed by atoms with van der Waals surface area (Å²) in [5.41, 5.74) is 0.775. The third-order valence-corrected chi connectivity index (χ3v) is 5.01. The van der Waals surface area contributed by atoms with Gasteiger partial charge in [0.05, 0.1) is 12.1 Å². The van der Waals surface area contributed by atoms with Gasteiger partial charge in [0, 0.05) is 6.04 Å². The van der Waals surface area contributed by atoms with E-state index in [0.29, 0.717) is 11.8 Å². The van der Waals surface area contributed by atoms with Crippen LogP contribution in [0.4, 0.5) is 4.79 Å². The van der Waals surface area contributed by atoms with Crippen LogP contribution < -0.4 is 10.6 Å². The van der Waals surface area contributed by atoms with E-state index in [0.717, 1.165) is 19.3 Å². The number of nitrogens with one attached hydrogen (secondary N) is 2. The first kappa shape index (κ1) is 15.3. The zero-order chi connectivity index (χ0) is 15.6. The molecule has 1 aromatic carbocycles. The molecule has 0 bridgehead atoms. The van der Waals surface area contributed by atoms with Crippen molar-refractivity contribution in [2.75, 3.05) is 6.61 Å². The molecular weight excluding hydrogens is 276 g/mol. The fourth-order valence-electron chi connectivity index (χ4n) is 3.16. The molecule has 0 spiro atoms. The topological polar surface area (TPSA) is 61.4 Å². The Labute approximate surface area is 132 Å². The maximum absolute atomic E-state index is 12.3. The largest absolute Gasteiger partial charge is 0.394 e. The summed E-state index contributed by atoms with van der Waals surface area (Å²) in [6.07, 6.45) is 5.44. The summed E-state index contributed by atoms with van der Waals surface area (Å²) in [6.45, 7) is 1.94. The second kappa shape index (κ2) is 6.29. The molecule has 4 heteroatoms. The Bertz CT molecular complexity index is 511. The molecule has 2 unspecified atom stereocenters. The van der Waals surface area contributed by atoms with E-state index in [4.69, 9.17) is 0 Å². The average Bonchev–Trinajstić information content (AvgIpc) is 3.40. The van der Waals surface area contributed by atoms with E-state index in [9.17, 15) is 9.90 Å². The van der Waals surface area contributed by atoms with E-state index in [1.807, 2.05) is 25.1 Å². The first-order valence-electron chi connectivity index (χ1n) is 8.34. The predicted molar refractivity (Wildman–Crippen MR) is 86.5 cm³/mol. The van der Waals surface area contributed by atoms with Gasteiger partial charge >= 0.3 is 6.03 Å². The fourth-order valence-corrected chi connectivity index (χ4v) is 3.16. The van der Waals surface area contributed by atoms with E-state index in [2.05, 4.69) is 22.8 Å². The minimum Gasteiger partial charge on any atom is -0.394 e. The van der Waals surface area contributed by atoms with Crippen LogP contribution in [0.2, 0.25) is 0 Å². The molecular formula is C18H26N2O2. The van der Waals surface area contributed by atoms with Crippen LogP contribution >= 0.6 is 0 Å². The second-order valence-electron chi connectivity index (χ2n) is 7.08. The maximum atomic E-state index is 12.3. The summed E-state index contributed by atoms with van der Waals surface area (Å²) < 4.78 is 0. The molecule has 1 aromatic rings. The highest BCUT2D eigenvalue weighted by Gasteiger charge is 2.42. The SMILES string of the molecule is CC(CO)(NC(=O)NC(Cc1ccccc1)C1CC1)C1CC1. The molecule has 0 heterocycles. The van der Waals surface area contributed by atoms with Gasteiger partial charge in [-0.15, -0.1) is 0 Å². The van der Waals surface area contributed by atoms with Crippen molar-refractivity contribution in [3.63, 3.8) is 0 Å². The lowest BCUT2D eigenvalue weighted by molar-refractivity contribution is 0.153. The van der Waals surface area contributed by atoms with Crippen molar-refractivity contribution < 1.29 is 9.90 Å². The number of aliphatic hydroxyl groups is 1. The van der Waals surface area contributed by atoms with Crippen molar-refractivity contribution in [3.05, 3.63) is 35.9 Å². The standard InChI is InChI=1S/C18H26N2O2/c1-18(12-21,15-9-10-15)20-17(22)19-16(14-7-8-14)11-13-5-3-2-4-6-13/h2-6,14-16,21H,7-12H2,1H3,(H2,19,20,22). The van der Waals surface area contributed by atoms with Crippen LogP contribution in [0.3, 0.4) is 0 Å². The maximum Gasteiger partial charge on any atom is 0.315 e. The molecule has 2 aliphatic carbocycles. The lowest BCUT2D eigenvalue weighted by Crippen LogP contribution is -2.56. The van der Waals surface area contributed by atoms with Gasteiger partial charge in [0.2, 0.25) is 0 Å². The normalized spacial score (nSPS) is 21.7. The number of aliphatic hydroxyl groups excluding tert-OH is 1. The minimum atomic E-state index is -0.481. The summed E-state index contributed by atoms with van der Waals surface area (Å²) >= 11 is 0. The summed E-state index contributed by atoms with van der Waals surface area (Å²) in [5.74, 6) is 1.00. The molecule has 4 nitrogen and oxygen atoms in total. The molecule has 0 aliphatic heterocycles. The number of rotatable bonds is 7. The highest BCUT2D eigenvalue weighted by Crippen LogP contribution is 2.39. The van der Waals surface area contributed by atoms with Crippen LogP contribution in [0, 0.1) is 11.8 Å². The van der Waals surface area contributed by atoms with Crippen molar-refractivity contribution >= 4 is 6.03 Å². The molecule has 2 aliphatic rings. The molecule has 2 amide bonds.